The van der Waals surface area contributed by atoms with Gasteiger partial charge in [0.15, 0.2) is 0 Å². The summed E-state index contributed by atoms with van der Waals surface area (Å²) < 4.78 is 20.7. The molecule has 0 fully saturated rings. The van der Waals surface area contributed by atoms with Crippen LogP contribution in [0.25, 0.3) is 5.69 Å². The summed E-state index contributed by atoms with van der Waals surface area (Å²) in [7, 11) is 0. The monoisotopic (exact) mass is 339 g/mol. The molecule has 1 amide bonds. The van der Waals surface area contributed by atoms with Crippen molar-refractivity contribution < 1.29 is 18.7 Å². The summed E-state index contributed by atoms with van der Waals surface area (Å²) in [6.45, 7) is 1.26. The maximum Gasteiger partial charge on any atom is 0.343 e. The Bertz CT molecular complexity index is 906. The minimum absolute atomic E-state index is 0.0718. The quantitative estimate of drug-likeness (QED) is 0.585. The van der Waals surface area contributed by atoms with Crippen molar-refractivity contribution in [2.75, 3.05) is 5.32 Å². The van der Waals surface area contributed by atoms with E-state index in [4.69, 9.17) is 4.74 Å². The molecule has 126 valence electrons. The number of halogens is 1. The lowest BCUT2D eigenvalue weighted by Crippen LogP contribution is -2.12. The van der Waals surface area contributed by atoms with Gasteiger partial charge in [0.25, 0.3) is 0 Å². The number of amides is 1. The molecule has 0 bridgehead atoms. The molecule has 0 unspecified atom stereocenters. The summed E-state index contributed by atoms with van der Waals surface area (Å²) in [6, 6.07) is 10.5. The molecule has 0 saturated heterocycles. The third-order valence-corrected chi connectivity index (χ3v) is 3.36. The van der Waals surface area contributed by atoms with Crippen molar-refractivity contribution in [2.45, 2.75) is 6.92 Å². The number of benzene rings is 2. The molecule has 3 aromatic rings. The second-order valence-electron chi connectivity index (χ2n) is 5.23. The summed E-state index contributed by atoms with van der Waals surface area (Å²) in [5.74, 6) is -1.36. The Morgan fingerprint density at radius 3 is 2.56 bits per heavy atom. The molecule has 1 aromatic heterocycles. The highest BCUT2D eigenvalue weighted by atomic mass is 19.1. The summed E-state index contributed by atoms with van der Waals surface area (Å²) >= 11 is 0. The first-order valence-corrected chi connectivity index (χ1v) is 7.40. The number of nitrogens with zero attached hydrogens (tertiary/aromatic N) is 2. The second-order valence-corrected chi connectivity index (χ2v) is 5.23. The third-order valence-electron chi connectivity index (χ3n) is 3.36. The van der Waals surface area contributed by atoms with Crippen LogP contribution in [0.5, 0.6) is 5.75 Å². The summed E-state index contributed by atoms with van der Waals surface area (Å²) in [5.41, 5.74) is 0.924. The van der Waals surface area contributed by atoms with E-state index in [0.29, 0.717) is 5.75 Å². The highest BCUT2D eigenvalue weighted by Crippen LogP contribution is 2.20. The van der Waals surface area contributed by atoms with Crippen LogP contribution in [0.1, 0.15) is 17.3 Å². The second kappa shape index (κ2) is 6.96. The highest BCUT2D eigenvalue weighted by Gasteiger charge is 2.13. The molecule has 0 spiro atoms. The molecule has 0 aliphatic rings. The van der Waals surface area contributed by atoms with Crippen LogP contribution in [-0.4, -0.2) is 21.4 Å². The Morgan fingerprint density at radius 2 is 1.92 bits per heavy atom. The fourth-order valence-corrected chi connectivity index (χ4v) is 2.20. The average molecular weight is 339 g/mol. The van der Waals surface area contributed by atoms with Crippen molar-refractivity contribution in [3.8, 4) is 11.4 Å². The first kappa shape index (κ1) is 16.4. The Morgan fingerprint density at radius 1 is 1.16 bits per heavy atom. The molecule has 0 saturated carbocycles. The molecule has 7 heteroatoms. The largest absolute Gasteiger partial charge is 0.423 e. The molecule has 1 N–H and O–H groups in total. The summed E-state index contributed by atoms with van der Waals surface area (Å²) in [4.78, 5) is 27.2. The van der Waals surface area contributed by atoms with Gasteiger partial charge in [-0.2, -0.15) is 0 Å². The number of carbonyl (C=O) groups excluding carboxylic acids is 2. The van der Waals surface area contributed by atoms with Crippen LogP contribution in [0.3, 0.4) is 0 Å². The van der Waals surface area contributed by atoms with E-state index >= 15 is 0 Å². The van der Waals surface area contributed by atoms with E-state index in [2.05, 4.69) is 10.3 Å². The van der Waals surface area contributed by atoms with E-state index in [1.54, 1.807) is 43.0 Å². The minimum atomic E-state index is -0.651. The fraction of sp³-hybridized carbons (Fsp3) is 0.0556. The topological polar surface area (TPSA) is 73.2 Å². The zero-order valence-corrected chi connectivity index (χ0v) is 13.3. The van der Waals surface area contributed by atoms with Gasteiger partial charge in [-0.1, -0.05) is 0 Å². The molecular weight excluding hydrogens is 325 g/mol. The van der Waals surface area contributed by atoms with E-state index < -0.39 is 17.7 Å². The standard InChI is InChI=1S/C18H14FN3O3/c1-12(23)21-17-10-13(2-7-16(17)19)18(24)25-15-5-3-14(4-6-15)22-9-8-20-11-22/h2-11H,1H3,(H,21,23). The highest BCUT2D eigenvalue weighted by molar-refractivity contribution is 5.94. The molecule has 25 heavy (non-hydrogen) atoms. The molecular formula is C18H14FN3O3. The zero-order chi connectivity index (χ0) is 17.8. The first-order valence-electron chi connectivity index (χ1n) is 7.40. The van der Waals surface area contributed by atoms with Crippen molar-refractivity contribution in [1.29, 1.82) is 0 Å². The third kappa shape index (κ3) is 3.89. The van der Waals surface area contributed by atoms with Crippen LogP contribution in [0.2, 0.25) is 0 Å². The van der Waals surface area contributed by atoms with Crippen molar-refractivity contribution in [3.05, 3.63) is 72.6 Å². The van der Waals surface area contributed by atoms with Gasteiger partial charge in [0, 0.05) is 25.0 Å². The van der Waals surface area contributed by atoms with E-state index in [1.165, 1.54) is 19.1 Å². The molecule has 1 heterocycles. The predicted octanol–water partition coefficient (Wildman–Crippen LogP) is 3.19. The van der Waals surface area contributed by atoms with Crippen LogP contribution < -0.4 is 10.1 Å². The number of esters is 1. The van der Waals surface area contributed by atoms with Crippen LogP contribution in [0.15, 0.2) is 61.2 Å². The molecule has 3 rings (SSSR count). The summed E-state index contributed by atoms with van der Waals surface area (Å²) in [6.07, 6.45) is 5.11. The van der Waals surface area contributed by atoms with Crippen LogP contribution in [0, 0.1) is 5.82 Å². The number of ether oxygens (including phenoxy) is 1. The lowest BCUT2D eigenvalue weighted by atomic mass is 10.2. The molecule has 0 aliphatic heterocycles. The van der Waals surface area contributed by atoms with Gasteiger partial charge in [-0.25, -0.2) is 14.2 Å². The minimum Gasteiger partial charge on any atom is -0.423 e. The van der Waals surface area contributed by atoms with Crippen molar-refractivity contribution in [2.24, 2.45) is 0 Å². The maximum atomic E-state index is 13.6. The number of rotatable bonds is 4. The number of anilines is 1. The van der Waals surface area contributed by atoms with Crippen molar-refractivity contribution in [3.63, 3.8) is 0 Å². The Labute approximate surface area is 142 Å². The van der Waals surface area contributed by atoms with Crippen molar-refractivity contribution in [1.82, 2.24) is 9.55 Å². The lowest BCUT2D eigenvalue weighted by Gasteiger charge is -2.08. The number of aromatic nitrogens is 2. The maximum absolute atomic E-state index is 13.6. The Balaban J connectivity index is 1.75. The van der Waals surface area contributed by atoms with E-state index in [-0.39, 0.29) is 11.3 Å². The number of hydrogen-bond acceptors (Lipinski definition) is 4. The summed E-state index contributed by atoms with van der Waals surface area (Å²) in [5, 5.41) is 2.32. The smallest absolute Gasteiger partial charge is 0.343 e. The molecule has 0 atom stereocenters. The predicted molar refractivity (Wildman–Crippen MR) is 89.2 cm³/mol. The Hall–Kier alpha value is -3.48. The van der Waals surface area contributed by atoms with Crippen molar-refractivity contribution >= 4 is 17.6 Å². The number of imidazole rings is 1. The van der Waals surface area contributed by atoms with E-state index in [9.17, 15) is 14.0 Å². The number of hydrogen-bond donors (Lipinski definition) is 1. The molecule has 2 aromatic carbocycles. The lowest BCUT2D eigenvalue weighted by molar-refractivity contribution is -0.114. The normalized spacial score (nSPS) is 10.3. The van der Waals surface area contributed by atoms with E-state index in [0.717, 1.165) is 11.8 Å². The van der Waals surface area contributed by atoms with E-state index in [1.807, 2.05) is 4.57 Å². The van der Waals surface area contributed by atoms with Gasteiger partial charge in [-0.05, 0) is 42.5 Å². The molecule has 0 aliphatic carbocycles. The Kier molecular flexibility index (Phi) is 4.56. The van der Waals surface area contributed by atoms with Crippen LogP contribution in [-0.2, 0) is 4.79 Å². The molecule has 6 nitrogen and oxygen atoms in total. The molecule has 0 radical (unpaired) electrons. The van der Waals surface area contributed by atoms with Gasteiger partial charge >= 0.3 is 5.97 Å². The number of carbonyl (C=O) groups is 2. The van der Waals surface area contributed by atoms with Crippen LogP contribution in [0.4, 0.5) is 10.1 Å². The SMILES string of the molecule is CC(=O)Nc1cc(C(=O)Oc2ccc(-n3ccnc3)cc2)ccc1F. The zero-order valence-electron chi connectivity index (χ0n) is 13.3. The van der Waals surface area contributed by atoms with Crippen LogP contribution >= 0.6 is 0 Å². The first-order chi connectivity index (χ1) is 12.0. The fourth-order valence-electron chi connectivity index (χ4n) is 2.20. The van der Waals surface area contributed by atoms with Gasteiger partial charge in [-0.3, -0.25) is 4.79 Å². The van der Waals surface area contributed by atoms with Gasteiger partial charge < -0.3 is 14.6 Å². The van der Waals surface area contributed by atoms with Gasteiger partial charge in [0.1, 0.15) is 11.6 Å². The van der Waals surface area contributed by atoms with Gasteiger partial charge in [0.05, 0.1) is 17.6 Å². The van der Waals surface area contributed by atoms with Gasteiger partial charge in [-0.15, -0.1) is 0 Å². The number of nitrogens with one attached hydrogen (secondary N) is 1. The van der Waals surface area contributed by atoms with Gasteiger partial charge in [0.2, 0.25) is 5.91 Å². The average Bonchev–Trinajstić information content (AvgIpc) is 3.11.